The number of nitro groups is 1. The highest BCUT2D eigenvalue weighted by Crippen LogP contribution is 2.24. The van der Waals surface area contributed by atoms with Crippen LogP contribution in [0, 0.1) is 10.1 Å². The quantitative estimate of drug-likeness (QED) is 0.326. The molecule has 106 valence electrons. The normalized spacial score (nSPS) is 9.60. The van der Waals surface area contributed by atoms with Gasteiger partial charge in [0.25, 0.3) is 0 Å². The highest BCUT2D eigenvalue weighted by atomic mass is 79.9. The Hall–Kier alpha value is -0.580. The first-order chi connectivity index (χ1) is 9.31. The lowest BCUT2D eigenvalue weighted by Gasteiger charge is -1.94. The van der Waals surface area contributed by atoms with E-state index in [1.165, 1.54) is 12.3 Å². The maximum atomic E-state index is 10.3. The molecule has 0 spiro atoms. The van der Waals surface area contributed by atoms with E-state index in [0.29, 0.717) is 14.8 Å². The van der Waals surface area contributed by atoms with Crippen molar-refractivity contribution in [2.75, 3.05) is 5.73 Å². The summed E-state index contributed by atoms with van der Waals surface area (Å²) < 4.78 is 2.41. The fourth-order valence-corrected chi connectivity index (χ4v) is 2.22. The smallest absolute Gasteiger partial charge is 0.303 e. The van der Waals surface area contributed by atoms with Gasteiger partial charge < -0.3 is 5.73 Å². The molecule has 0 unspecified atom stereocenters. The zero-order valence-electron chi connectivity index (χ0n) is 9.56. The largest absolute Gasteiger partial charge is 0.397 e. The van der Waals surface area contributed by atoms with E-state index in [4.69, 9.17) is 5.73 Å². The lowest BCUT2D eigenvalue weighted by molar-refractivity contribution is -0.386. The molecule has 2 heterocycles. The highest BCUT2D eigenvalue weighted by Gasteiger charge is 2.12. The summed E-state index contributed by atoms with van der Waals surface area (Å²) in [7, 11) is 0. The van der Waals surface area contributed by atoms with E-state index in [2.05, 4.69) is 73.7 Å². The molecule has 0 saturated carbocycles. The first-order valence-electron chi connectivity index (χ1n) is 4.83. The third kappa shape index (κ3) is 5.43. The summed E-state index contributed by atoms with van der Waals surface area (Å²) in [5.74, 6) is 0. The number of halogens is 4. The molecule has 0 amide bonds. The van der Waals surface area contributed by atoms with Crippen molar-refractivity contribution >= 4 is 75.1 Å². The van der Waals surface area contributed by atoms with Gasteiger partial charge in [-0.2, -0.15) is 0 Å². The average molecular weight is 534 g/mol. The Balaban J connectivity index is 0.000000204. The lowest BCUT2D eigenvalue weighted by atomic mass is 10.4. The van der Waals surface area contributed by atoms with E-state index in [1.807, 2.05) is 0 Å². The summed E-state index contributed by atoms with van der Waals surface area (Å²) in [6.07, 6.45) is 3.16. The predicted molar refractivity (Wildman–Crippen MR) is 90.3 cm³/mol. The van der Waals surface area contributed by atoms with Gasteiger partial charge in [-0.3, -0.25) is 10.1 Å². The Morgan fingerprint density at radius 2 is 1.50 bits per heavy atom. The third-order valence-corrected chi connectivity index (χ3v) is 3.96. The van der Waals surface area contributed by atoms with Crippen LogP contribution in [0.25, 0.3) is 0 Å². The Morgan fingerprint density at radius 1 is 1.00 bits per heavy atom. The van der Waals surface area contributed by atoms with Crippen molar-refractivity contribution in [2.24, 2.45) is 0 Å². The third-order valence-electron chi connectivity index (χ3n) is 1.82. The van der Waals surface area contributed by atoms with Crippen LogP contribution >= 0.6 is 63.7 Å². The van der Waals surface area contributed by atoms with Crippen LogP contribution in [-0.2, 0) is 0 Å². The molecule has 0 saturated heterocycles. The van der Waals surface area contributed by atoms with E-state index in [1.54, 1.807) is 12.3 Å². The molecule has 0 aliphatic carbocycles. The molecule has 2 aromatic heterocycles. The minimum atomic E-state index is -0.498. The number of nitrogen functional groups attached to an aromatic ring is 1. The highest BCUT2D eigenvalue weighted by molar-refractivity contribution is 9.11. The van der Waals surface area contributed by atoms with Crippen LogP contribution in [0.2, 0.25) is 0 Å². The number of rotatable bonds is 1. The van der Waals surface area contributed by atoms with Gasteiger partial charge in [-0.05, 0) is 69.8 Å². The molecule has 20 heavy (non-hydrogen) atoms. The maximum Gasteiger partial charge on any atom is 0.303 e. The molecule has 2 aromatic rings. The summed E-state index contributed by atoms with van der Waals surface area (Å²) in [5.41, 5.74) is 6.08. The van der Waals surface area contributed by atoms with Gasteiger partial charge in [0.15, 0.2) is 4.60 Å². The van der Waals surface area contributed by atoms with E-state index >= 15 is 0 Å². The Morgan fingerprint density at radius 3 is 1.90 bits per heavy atom. The van der Waals surface area contributed by atoms with Crippen molar-refractivity contribution in [1.82, 2.24) is 9.97 Å². The summed E-state index contributed by atoms with van der Waals surface area (Å²) in [6.45, 7) is 0. The molecule has 0 radical (unpaired) electrons. The van der Waals surface area contributed by atoms with E-state index in [9.17, 15) is 10.1 Å². The van der Waals surface area contributed by atoms with Crippen LogP contribution in [0.1, 0.15) is 0 Å². The summed E-state index contributed by atoms with van der Waals surface area (Å²) in [6, 6.07) is 3.17. The molecule has 0 aliphatic heterocycles. The van der Waals surface area contributed by atoms with Gasteiger partial charge >= 0.3 is 5.69 Å². The Kier molecular flexibility index (Phi) is 7.00. The number of hydrogen-bond donors (Lipinski definition) is 1. The first-order valence-corrected chi connectivity index (χ1v) is 8.00. The maximum absolute atomic E-state index is 10.3. The number of nitrogens with zero attached hydrogens (tertiary/aromatic N) is 3. The number of anilines is 1. The topological polar surface area (TPSA) is 94.9 Å². The van der Waals surface area contributed by atoms with Crippen LogP contribution < -0.4 is 5.73 Å². The van der Waals surface area contributed by atoms with Gasteiger partial charge in [0.05, 0.1) is 10.6 Å². The second-order valence-corrected chi connectivity index (χ2v) is 6.59. The van der Waals surface area contributed by atoms with Crippen molar-refractivity contribution in [3.63, 3.8) is 0 Å². The van der Waals surface area contributed by atoms with E-state index in [0.717, 1.165) is 4.47 Å². The van der Waals surface area contributed by atoms with Gasteiger partial charge in [0.1, 0.15) is 4.60 Å². The number of pyridine rings is 2. The average Bonchev–Trinajstić information content (AvgIpc) is 2.38. The van der Waals surface area contributed by atoms with E-state index < -0.39 is 4.92 Å². The minimum Gasteiger partial charge on any atom is -0.397 e. The monoisotopic (exact) mass is 530 g/mol. The minimum absolute atomic E-state index is 0.0422. The van der Waals surface area contributed by atoms with Crippen LogP contribution in [0.4, 0.5) is 11.4 Å². The Bertz CT molecular complexity index is 639. The fourth-order valence-electron chi connectivity index (χ4n) is 0.978. The molecule has 0 aliphatic rings. The van der Waals surface area contributed by atoms with Gasteiger partial charge in [-0.25, -0.2) is 9.97 Å². The van der Waals surface area contributed by atoms with Crippen LogP contribution in [0.3, 0.4) is 0 Å². The van der Waals surface area contributed by atoms with Crippen molar-refractivity contribution in [3.8, 4) is 0 Å². The molecular formula is C10H6Br4N4O2. The summed E-state index contributed by atoms with van der Waals surface area (Å²) >= 11 is 12.4. The lowest BCUT2D eigenvalue weighted by Crippen LogP contribution is -1.90. The van der Waals surface area contributed by atoms with Gasteiger partial charge in [-0.1, -0.05) is 0 Å². The molecule has 2 N–H and O–H groups in total. The molecular weight excluding hydrogens is 528 g/mol. The Labute approximate surface area is 147 Å². The van der Waals surface area contributed by atoms with Gasteiger partial charge in [0, 0.05) is 27.4 Å². The molecule has 6 nitrogen and oxygen atoms in total. The van der Waals surface area contributed by atoms with Crippen LogP contribution in [0.15, 0.2) is 42.7 Å². The van der Waals surface area contributed by atoms with Crippen molar-refractivity contribution in [3.05, 3.63) is 52.8 Å². The molecule has 0 atom stereocenters. The summed E-state index contributed by atoms with van der Waals surface area (Å²) in [5, 5.41) is 10.3. The zero-order chi connectivity index (χ0) is 15.3. The second kappa shape index (κ2) is 8.01. The van der Waals surface area contributed by atoms with Gasteiger partial charge in [0.2, 0.25) is 0 Å². The van der Waals surface area contributed by atoms with Crippen LogP contribution in [0.5, 0.6) is 0 Å². The second-order valence-electron chi connectivity index (χ2n) is 3.25. The molecule has 10 heteroatoms. The van der Waals surface area contributed by atoms with Crippen molar-refractivity contribution < 1.29 is 4.92 Å². The number of hydrogen-bond acceptors (Lipinski definition) is 5. The standard InChI is InChI=1S/C5H2Br2N2O2.C5H4Br2N2/c6-3-1-4(9(10)11)5(7)8-2-3;6-3-1-4(8)5(7)9-2-3/h1-2H;1-2H,8H2. The van der Waals surface area contributed by atoms with Gasteiger partial charge in [-0.15, -0.1) is 0 Å². The molecule has 2 rings (SSSR count). The molecule has 0 bridgehead atoms. The molecule has 0 fully saturated rings. The summed E-state index contributed by atoms with van der Waals surface area (Å²) in [4.78, 5) is 17.4. The van der Waals surface area contributed by atoms with E-state index in [-0.39, 0.29) is 10.3 Å². The predicted octanol–water partition coefficient (Wildman–Crippen LogP) is 4.70. The number of aromatic nitrogens is 2. The van der Waals surface area contributed by atoms with Crippen molar-refractivity contribution in [1.29, 1.82) is 0 Å². The van der Waals surface area contributed by atoms with Crippen molar-refractivity contribution in [2.45, 2.75) is 0 Å². The van der Waals surface area contributed by atoms with Crippen LogP contribution in [-0.4, -0.2) is 14.9 Å². The fraction of sp³-hybridized carbons (Fsp3) is 0. The number of nitrogens with two attached hydrogens (primary N) is 1. The molecule has 0 aromatic carbocycles. The first kappa shape index (κ1) is 17.5. The SMILES string of the molecule is Nc1cc(Br)cnc1Br.O=[N+]([O-])c1cc(Br)cnc1Br. The zero-order valence-corrected chi connectivity index (χ0v) is 15.9.